The van der Waals surface area contributed by atoms with Crippen molar-refractivity contribution in [2.45, 2.75) is 20.8 Å². The Morgan fingerprint density at radius 1 is 1.00 bits per heavy atom. The van der Waals surface area contributed by atoms with Gasteiger partial charge >= 0.3 is 0 Å². The average Bonchev–Trinajstić information content (AvgIpc) is 3.00. The number of rotatable bonds is 3. The molecule has 1 fully saturated rings. The van der Waals surface area contributed by atoms with Crippen LogP contribution in [0.4, 0.5) is 5.69 Å². The minimum Gasteiger partial charge on any atom is -0.318 e. The molecule has 3 aromatic rings. The van der Waals surface area contributed by atoms with Crippen molar-refractivity contribution in [3.63, 3.8) is 0 Å². The van der Waals surface area contributed by atoms with Gasteiger partial charge in [0.25, 0.3) is 11.8 Å². The summed E-state index contributed by atoms with van der Waals surface area (Å²) >= 11 is 8.76. The molecule has 156 valence electrons. The Hall–Kier alpha value is -3.03. The molecular weight excluding hydrogens is 474 g/mol. The summed E-state index contributed by atoms with van der Waals surface area (Å²) in [4.78, 5) is 27.4. The van der Waals surface area contributed by atoms with Crippen LogP contribution in [0.15, 0.2) is 64.6 Å². The van der Waals surface area contributed by atoms with E-state index < -0.39 is 11.8 Å². The van der Waals surface area contributed by atoms with E-state index in [1.54, 1.807) is 6.08 Å². The molecule has 0 saturated carbocycles. The van der Waals surface area contributed by atoms with Gasteiger partial charge in [-0.3, -0.25) is 19.8 Å². The van der Waals surface area contributed by atoms with E-state index in [9.17, 15) is 9.59 Å². The number of carbonyl (C=O) groups excluding carboxylic acids is 2. The van der Waals surface area contributed by atoms with Crippen LogP contribution in [0.2, 0.25) is 0 Å². The highest BCUT2D eigenvalue weighted by Gasteiger charge is 2.35. The smallest absolute Gasteiger partial charge is 0.270 e. The number of anilines is 1. The van der Waals surface area contributed by atoms with E-state index in [2.05, 4.69) is 25.8 Å². The maximum absolute atomic E-state index is 13.3. The van der Waals surface area contributed by atoms with E-state index in [0.29, 0.717) is 5.69 Å². The number of hydrogen-bond acceptors (Lipinski definition) is 3. The number of carbonyl (C=O) groups is 2. The zero-order chi connectivity index (χ0) is 22.3. The zero-order valence-electron chi connectivity index (χ0n) is 17.3. The van der Waals surface area contributed by atoms with E-state index in [4.69, 9.17) is 12.2 Å². The molecule has 1 saturated heterocycles. The summed E-state index contributed by atoms with van der Waals surface area (Å²) in [6, 6.07) is 17.4. The predicted octanol–water partition coefficient (Wildman–Crippen LogP) is 5.00. The first-order chi connectivity index (χ1) is 14.8. The van der Waals surface area contributed by atoms with Gasteiger partial charge in [0.2, 0.25) is 0 Å². The highest BCUT2D eigenvalue weighted by molar-refractivity contribution is 9.10. The fourth-order valence-electron chi connectivity index (χ4n) is 3.77. The van der Waals surface area contributed by atoms with E-state index in [1.807, 2.05) is 75.4 Å². The first-order valence-corrected chi connectivity index (χ1v) is 10.9. The lowest BCUT2D eigenvalue weighted by Crippen LogP contribution is -2.54. The van der Waals surface area contributed by atoms with Gasteiger partial charge in [0, 0.05) is 21.5 Å². The largest absolute Gasteiger partial charge is 0.318 e. The van der Waals surface area contributed by atoms with Crippen LogP contribution in [-0.4, -0.2) is 21.5 Å². The van der Waals surface area contributed by atoms with Crippen LogP contribution in [0.1, 0.15) is 22.5 Å². The predicted molar refractivity (Wildman–Crippen MR) is 130 cm³/mol. The lowest BCUT2D eigenvalue weighted by atomic mass is 10.1. The summed E-state index contributed by atoms with van der Waals surface area (Å²) in [5, 5.41) is 2.74. The van der Waals surface area contributed by atoms with Crippen LogP contribution in [0, 0.1) is 20.8 Å². The third-order valence-corrected chi connectivity index (χ3v) is 6.13. The van der Waals surface area contributed by atoms with Gasteiger partial charge in [0.05, 0.1) is 5.69 Å². The first kappa shape index (κ1) is 21.2. The zero-order valence-corrected chi connectivity index (χ0v) is 19.7. The van der Waals surface area contributed by atoms with Crippen LogP contribution in [0.25, 0.3) is 11.8 Å². The van der Waals surface area contributed by atoms with Crippen LogP contribution in [0.3, 0.4) is 0 Å². The summed E-state index contributed by atoms with van der Waals surface area (Å²) in [6.07, 6.45) is 1.64. The molecule has 2 heterocycles. The van der Waals surface area contributed by atoms with Crippen molar-refractivity contribution in [3.05, 3.63) is 87.2 Å². The Kier molecular flexibility index (Phi) is 5.64. The van der Waals surface area contributed by atoms with Crippen LogP contribution in [0.5, 0.6) is 0 Å². The SMILES string of the molecule is Cc1ccccc1N1C(=O)/C(=C/c2cc(C)n(-c3ccc(Br)cc3)c2C)C(=O)NC1=S. The Bertz CT molecular complexity index is 1260. The first-order valence-electron chi connectivity index (χ1n) is 9.70. The number of hydrogen-bond donors (Lipinski definition) is 1. The van der Waals surface area contributed by atoms with Gasteiger partial charge in [-0.1, -0.05) is 34.1 Å². The number of nitrogens with zero attached hydrogens (tertiary/aromatic N) is 2. The fraction of sp³-hybridized carbons (Fsp3) is 0.125. The fourth-order valence-corrected chi connectivity index (χ4v) is 4.31. The standard InChI is InChI=1S/C24H20BrN3O2S/c1-14-6-4-5-7-21(14)28-23(30)20(22(29)26-24(28)31)13-17-12-15(2)27(16(17)3)19-10-8-18(25)9-11-19/h4-13H,1-3H3,(H,26,29,31)/b20-13+. The van der Waals surface area contributed by atoms with Crippen molar-refractivity contribution in [3.8, 4) is 5.69 Å². The van der Waals surface area contributed by atoms with Crippen molar-refractivity contribution >= 4 is 56.8 Å². The molecule has 2 aromatic carbocycles. The Morgan fingerprint density at radius 2 is 1.68 bits per heavy atom. The molecule has 0 aliphatic carbocycles. The number of benzene rings is 2. The topological polar surface area (TPSA) is 54.3 Å². The number of aryl methyl sites for hydroxylation is 2. The summed E-state index contributed by atoms with van der Waals surface area (Å²) in [7, 11) is 0. The number of thiocarbonyl (C=S) groups is 1. The number of aromatic nitrogens is 1. The molecular formula is C24H20BrN3O2S. The van der Waals surface area contributed by atoms with Crippen molar-refractivity contribution in [2.75, 3.05) is 4.90 Å². The van der Waals surface area contributed by atoms with Gasteiger partial charge < -0.3 is 4.57 Å². The molecule has 0 spiro atoms. The minimum absolute atomic E-state index is 0.0490. The molecule has 7 heteroatoms. The van der Waals surface area contributed by atoms with E-state index >= 15 is 0 Å². The molecule has 1 aliphatic rings. The van der Waals surface area contributed by atoms with Crippen molar-refractivity contribution in [1.82, 2.24) is 9.88 Å². The van der Waals surface area contributed by atoms with E-state index in [0.717, 1.165) is 32.7 Å². The lowest BCUT2D eigenvalue weighted by Gasteiger charge is -2.30. The number of para-hydroxylation sites is 1. The quantitative estimate of drug-likeness (QED) is 0.317. The number of amides is 2. The minimum atomic E-state index is -0.492. The molecule has 0 bridgehead atoms. The normalized spacial score (nSPS) is 15.5. The van der Waals surface area contributed by atoms with Crippen molar-refractivity contribution in [1.29, 1.82) is 0 Å². The summed E-state index contributed by atoms with van der Waals surface area (Å²) < 4.78 is 3.09. The highest BCUT2D eigenvalue weighted by atomic mass is 79.9. The molecule has 1 N–H and O–H groups in total. The van der Waals surface area contributed by atoms with Gasteiger partial charge in [-0.2, -0.15) is 0 Å². The molecule has 2 amide bonds. The van der Waals surface area contributed by atoms with Crippen molar-refractivity contribution in [2.24, 2.45) is 0 Å². The molecule has 0 atom stereocenters. The van der Waals surface area contributed by atoms with Gasteiger partial charge in [-0.25, -0.2) is 0 Å². The second kappa shape index (κ2) is 8.24. The Labute approximate surface area is 194 Å². The Morgan fingerprint density at radius 3 is 2.35 bits per heavy atom. The summed E-state index contributed by atoms with van der Waals surface area (Å²) in [5.41, 5.74) is 5.34. The molecule has 1 aliphatic heterocycles. The van der Waals surface area contributed by atoms with Crippen molar-refractivity contribution < 1.29 is 9.59 Å². The van der Waals surface area contributed by atoms with Gasteiger partial charge in [0.15, 0.2) is 5.11 Å². The Balaban J connectivity index is 1.77. The lowest BCUT2D eigenvalue weighted by molar-refractivity contribution is -0.122. The van der Waals surface area contributed by atoms with Gasteiger partial charge in [-0.15, -0.1) is 0 Å². The van der Waals surface area contributed by atoms with Gasteiger partial charge in [-0.05, 0) is 86.6 Å². The van der Waals surface area contributed by atoms with Gasteiger partial charge in [0.1, 0.15) is 5.57 Å². The maximum Gasteiger partial charge on any atom is 0.270 e. The third kappa shape index (κ3) is 3.86. The molecule has 0 unspecified atom stereocenters. The van der Waals surface area contributed by atoms with Crippen LogP contribution >= 0.6 is 28.1 Å². The third-order valence-electron chi connectivity index (χ3n) is 5.31. The second-order valence-electron chi connectivity index (χ2n) is 7.38. The molecule has 0 radical (unpaired) electrons. The summed E-state index contributed by atoms with van der Waals surface area (Å²) in [5.74, 6) is -0.926. The molecule has 1 aromatic heterocycles. The monoisotopic (exact) mass is 493 g/mol. The summed E-state index contributed by atoms with van der Waals surface area (Å²) in [6.45, 7) is 5.86. The highest BCUT2D eigenvalue weighted by Crippen LogP contribution is 2.27. The number of nitrogens with one attached hydrogen (secondary N) is 1. The van der Waals surface area contributed by atoms with E-state index in [-0.39, 0.29) is 10.7 Å². The van der Waals surface area contributed by atoms with Crippen LogP contribution < -0.4 is 10.2 Å². The maximum atomic E-state index is 13.3. The molecule has 5 nitrogen and oxygen atoms in total. The molecule has 4 rings (SSSR count). The second-order valence-corrected chi connectivity index (χ2v) is 8.69. The average molecular weight is 494 g/mol. The van der Waals surface area contributed by atoms with E-state index in [1.165, 1.54) is 4.90 Å². The number of halogens is 1. The van der Waals surface area contributed by atoms with Crippen LogP contribution in [-0.2, 0) is 9.59 Å². The molecule has 31 heavy (non-hydrogen) atoms.